The summed E-state index contributed by atoms with van der Waals surface area (Å²) in [5, 5.41) is 12.4. The highest BCUT2D eigenvalue weighted by Crippen LogP contribution is 2.36. The molecule has 0 saturated carbocycles. The Labute approximate surface area is 201 Å². The molecule has 0 aliphatic carbocycles. The number of carboxylic acids is 1. The molecule has 3 aromatic carbocycles. The van der Waals surface area contributed by atoms with E-state index >= 15 is 0 Å². The number of amides is 1. The molecule has 1 aliphatic rings. The fraction of sp³-hybridized carbons (Fsp3) is 0.310. The van der Waals surface area contributed by atoms with Gasteiger partial charge in [-0.15, -0.1) is 0 Å². The van der Waals surface area contributed by atoms with Crippen molar-refractivity contribution in [2.24, 2.45) is 5.41 Å². The lowest BCUT2D eigenvalue weighted by Gasteiger charge is -2.41. The second-order valence-electron chi connectivity index (χ2n) is 9.84. The lowest BCUT2D eigenvalue weighted by atomic mass is 9.83. The van der Waals surface area contributed by atoms with Crippen LogP contribution >= 0.6 is 0 Å². The van der Waals surface area contributed by atoms with Gasteiger partial charge in [0.2, 0.25) is 5.91 Å². The minimum Gasteiger partial charge on any atom is -0.478 e. The first-order valence-corrected chi connectivity index (χ1v) is 11.8. The summed E-state index contributed by atoms with van der Waals surface area (Å²) in [4.78, 5) is 26.7. The van der Waals surface area contributed by atoms with Gasteiger partial charge >= 0.3 is 5.97 Å². The van der Waals surface area contributed by atoms with Crippen molar-refractivity contribution in [2.75, 3.05) is 18.0 Å². The Hall–Kier alpha value is -3.60. The number of carboxylic acid groups (broad SMARTS) is 1. The van der Waals surface area contributed by atoms with E-state index in [1.165, 1.54) is 18.6 Å². The maximum Gasteiger partial charge on any atom is 0.335 e. The fourth-order valence-corrected chi connectivity index (χ4v) is 4.80. The fourth-order valence-electron chi connectivity index (χ4n) is 4.80. The number of benzene rings is 3. The largest absolute Gasteiger partial charge is 0.478 e. The topological polar surface area (TPSA) is 69.6 Å². The predicted molar refractivity (Wildman–Crippen MR) is 135 cm³/mol. The molecule has 1 atom stereocenters. The minimum absolute atomic E-state index is 0.106. The molecular weight excluding hydrogens is 424 g/mol. The van der Waals surface area contributed by atoms with E-state index in [9.17, 15) is 9.59 Å². The summed E-state index contributed by atoms with van der Waals surface area (Å²) in [6.07, 6.45) is 2.55. The molecule has 0 radical (unpaired) electrons. The zero-order valence-electron chi connectivity index (χ0n) is 19.8. The molecule has 1 fully saturated rings. The van der Waals surface area contributed by atoms with E-state index in [-0.39, 0.29) is 29.3 Å². The number of carbonyl (C=O) groups excluding carboxylic acids is 1. The third kappa shape index (κ3) is 5.66. The number of aromatic carboxylic acids is 1. The Kier molecular flexibility index (Phi) is 7.01. The number of carbonyl (C=O) groups is 2. The van der Waals surface area contributed by atoms with Crippen molar-refractivity contribution in [3.05, 3.63) is 101 Å². The van der Waals surface area contributed by atoms with Gasteiger partial charge in [-0.25, -0.2) is 4.79 Å². The van der Waals surface area contributed by atoms with Crippen molar-refractivity contribution in [2.45, 2.75) is 39.2 Å². The number of piperidine rings is 1. The van der Waals surface area contributed by atoms with Crippen molar-refractivity contribution in [1.82, 2.24) is 5.32 Å². The monoisotopic (exact) mass is 456 g/mol. The number of hydrogen-bond acceptors (Lipinski definition) is 3. The molecule has 5 heteroatoms. The Balaban J connectivity index is 1.62. The quantitative estimate of drug-likeness (QED) is 0.495. The van der Waals surface area contributed by atoms with E-state index in [4.69, 9.17) is 5.11 Å². The highest BCUT2D eigenvalue weighted by Gasteiger charge is 2.29. The van der Waals surface area contributed by atoms with Crippen LogP contribution in [0, 0.1) is 5.41 Å². The molecule has 1 amide bonds. The van der Waals surface area contributed by atoms with Gasteiger partial charge < -0.3 is 15.3 Å². The molecule has 1 unspecified atom stereocenters. The van der Waals surface area contributed by atoms with Crippen LogP contribution < -0.4 is 10.2 Å². The Morgan fingerprint density at radius 2 is 1.65 bits per heavy atom. The molecular formula is C29H32N2O3. The molecule has 1 heterocycles. The van der Waals surface area contributed by atoms with Crippen LogP contribution in [-0.4, -0.2) is 30.1 Å². The maximum absolute atomic E-state index is 13.1. The summed E-state index contributed by atoms with van der Waals surface area (Å²) in [6, 6.07) is 24.6. The third-order valence-electron chi connectivity index (χ3n) is 6.49. The SMILES string of the molecule is CC1(C)CCCN(c2ccccc2C(NC(=O)Cc2ccc(C(=O)O)cc2)c2ccccc2)C1. The van der Waals surface area contributed by atoms with Crippen molar-refractivity contribution < 1.29 is 14.7 Å². The van der Waals surface area contributed by atoms with Crippen LogP contribution in [0.25, 0.3) is 0 Å². The minimum atomic E-state index is -0.974. The normalized spacial score (nSPS) is 16.0. The van der Waals surface area contributed by atoms with Gasteiger partial charge in [-0.05, 0) is 47.6 Å². The second-order valence-corrected chi connectivity index (χ2v) is 9.84. The molecule has 176 valence electrons. The van der Waals surface area contributed by atoms with Crippen LogP contribution in [0.2, 0.25) is 0 Å². The zero-order chi connectivity index (χ0) is 24.1. The number of anilines is 1. The van der Waals surface area contributed by atoms with Gasteiger partial charge in [0.05, 0.1) is 18.0 Å². The smallest absolute Gasteiger partial charge is 0.335 e. The molecule has 2 N–H and O–H groups in total. The number of nitrogens with zero attached hydrogens (tertiary/aromatic N) is 1. The van der Waals surface area contributed by atoms with E-state index < -0.39 is 5.97 Å². The summed E-state index contributed by atoms with van der Waals surface area (Å²) >= 11 is 0. The molecule has 34 heavy (non-hydrogen) atoms. The van der Waals surface area contributed by atoms with Gasteiger partial charge in [0.15, 0.2) is 0 Å². The van der Waals surface area contributed by atoms with Gasteiger partial charge in [0.1, 0.15) is 0 Å². The third-order valence-corrected chi connectivity index (χ3v) is 6.49. The molecule has 5 nitrogen and oxygen atoms in total. The number of hydrogen-bond donors (Lipinski definition) is 2. The van der Waals surface area contributed by atoms with Crippen LogP contribution in [-0.2, 0) is 11.2 Å². The first-order valence-electron chi connectivity index (χ1n) is 11.8. The molecule has 0 bridgehead atoms. The first-order chi connectivity index (χ1) is 16.3. The molecule has 3 aromatic rings. The highest BCUT2D eigenvalue weighted by atomic mass is 16.4. The van der Waals surface area contributed by atoms with E-state index in [2.05, 4.69) is 42.3 Å². The average molecular weight is 457 g/mol. The lowest BCUT2D eigenvalue weighted by molar-refractivity contribution is -0.120. The highest BCUT2D eigenvalue weighted by molar-refractivity contribution is 5.88. The van der Waals surface area contributed by atoms with Crippen molar-refractivity contribution in [3.63, 3.8) is 0 Å². The lowest BCUT2D eigenvalue weighted by Crippen LogP contribution is -2.41. The number of para-hydroxylation sites is 1. The molecule has 0 spiro atoms. The first kappa shape index (κ1) is 23.6. The van der Waals surface area contributed by atoms with E-state index in [0.717, 1.165) is 41.9 Å². The summed E-state index contributed by atoms with van der Waals surface area (Å²) in [5.41, 5.74) is 4.51. The Morgan fingerprint density at radius 3 is 2.32 bits per heavy atom. The van der Waals surface area contributed by atoms with Crippen LogP contribution in [0.5, 0.6) is 0 Å². The zero-order valence-corrected chi connectivity index (χ0v) is 19.8. The molecule has 1 aliphatic heterocycles. The van der Waals surface area contributed by atoms with Gasteiger partial charge in [-0.1, -0.05) is 74.5 Å². The number of rotatable bonds is 7. The van der Waals surface area contributed by atoms with Crippen LogP contribution in [0.4, 0.5) is 5.69 Å². The van der Waals surface area contributed by atoms with Gasteiger partial charge in [0, 0.05) is 24.3 Å². The maximum atomic E-state index is 13.1. The standard InChI is InChI=1S/C29H32N2O3/c1-29(2)17-8-18-31(20-29)25-12-7-6-11-24(25)27(22-9-4-3-5-10-22)30-26(32)19-21-13-15-23(16-14-21)28(33)34/h3-7,9-16,27H,8,17-20H2,1-2H3,(H,30,32)(H,33,34). The van der Waals surface area contributed by atoms with Crippen molar-refractivity contribution in [1.29, 1.82) is 0 Å². The Morgan fingerprint density at radius 1 is 0.971 bits per heavy atom. The summed E-state index contributed by atoms with van der Waals surface area (Å²) in [6.45, 7) is 6.61. The molecule has 0 aromatic heterocycles. The Bertz CT molecular complexity index is 1140. The van der Waals surface area contributed by atoms with Crippen molar-refractivity contribution >= 4 is 17.6 Å². The summed E-state index contributed by atoms with van der Waals surface area (Å²) in [5.74, 6) is -1.08. The van der Waals surface area contributed by atoms with Crippen LogP contribution in [0.3, 0.4) is 0 Å². The van der Waals surface area contributed by atoms with Crippen LogP contribution in [0.15, 0.2) is 78.9 Å². The van der Waals surface area contributed by atoms with E-state index in [1.807, 2.05) is 36.4 Å². The van der Waals surface area contributed by atoms with Crippen molar-refractivity contribution in [3.8, 4) is 0 Å². The van der Waals surface area contributed by atoms with Gasteiger partial charge in [-0.3, -0.25) is 4.79 Å². The molecule has 4 rings (SSSR count). The summed E-state index contributed by atoms with van der Waals surface area (Å²) < 4.78 is 0. The number of nitrogens with one attached hydrogen (secondary N) is 1. The average Bonchev–Trinajstić information content (AvgIpc) is 2.83. The van der Waals surface area contributed by atoms with E-state index in [0.29, 0.717) is 0 Å². The molecule has 1 saturated heterocycles. The predicted octanol–water partition coefficient (Wildman–Crippen LogP) is 5.46. The van der Waals surface area contributed by atoms with Gasteiger partial charge in [0.25, 0.3) is 0 Å². The summed E-state index contributed by atoms with van der Waals surface area (Å²) in [7, 11) is 0. The second kappa shape index (κ2) is 10.1. The van der Waals surface area contributed by atoms with E-state index in [1.54, 1.807) is 12.1 Å². The van der Waals surface area contributed by atoms with Crippen LogP contribution in [0.1, 0.15) is 59.8 Å². The van der Waals surface area contributed by atoms with Gasteiger partial charge in [-0.2, -0.15) is 0 Å².